The first-order valence-corrected chi connectivity index (χ1v) is 7.63. The summed E-state index contributed by atoms with van der Waals surface area (Å²) in [6, 6.07) is 0.716. The van der Waals surface area contributed by atoms with Gasteiger partial charge in [0.1, 0.15) is 5.60 Å². The van der Waals surface area contributed by atoms with Crippen molar-refractivity contribution < 1.29 is 14.3 Å². The molecule has 5 heteroatoms. The Balaban J connectivity index is 1.70. The van der Waals surface area contributed by atoms with Gasteiger partial charge in [-0.3, -0.25) is 0 Å². The lowest BCUT2D eigenvalue weighted by atomic mass is 9.89. The SMILES string of the molecule is COC1CC(NCC(NC(=O)OC(C)(C)C)C2CC2)C1. The third kappa shape index (κ3) is 4.94. The normalized spacial score (nSPS) is 27.6. The monoisotopic (exact) mass is 284 g/mol. The fourth-order valence-corrected chi connectivity index (χ4v) is 2.51. The summed E-state index contributed by atoms with van der Waals surface area (Å²) in [6.07, 6.45) is 4.65. The van der Waals surface area contributed by atoms with E-state index in [1.807, 2.05) is 20.8 Å². The molecule has 2 aliphatic rings. The number of amides is 1. The third-order valence-corrected chi connectivity index (χ3v) is 3.95. The highest BCUT2D eigenvalue weighted by Crippen LogP contribution is 2.33. The van der Waals surface area contributed by atoms with Crippen molar-refractivity contribution in [2.45, 2.75) is 70.2 Å². The zero-order valence-corrected chi connectivity index (χ0v) is 13.1. The second-order valence-corrected chi connectivity index (χ2v) is 7.02. The molecule has 0 bridgehead atoms. The summed E-state index contributed by atoms with van der Waals surface area (Å²) in [5.74, 6) is 0.605. The fourth-order valence-electron chi connectivity index (χ4n) is 2.51. The van der Waals surface area contributed by atoms with E-state index in [1.165, 1.54) is 12.8 Å². The number of carbonyl (C=O) groups excluding carboxylic acids is 1. The largest absolute Gasteiger partial charge is 0.444 e. The predicted molar refractivity (Wildman–Crippen MR) is 77.7 cm³/mol. The highest BCUT2D eigenvalue weighted by atomic mass is 16.6. The van der Waals surface area contributed by atoms with Crippen LogP contribution >= 0.6 is 0 Å². The topological polar surface area (TPSA) is 59.6 Å². The van der Waals surface area contributed by atoms with Crippen LogP contribution in [0.25, 0.3) is 0 Å². The molecule has 2 saturated carbocycles. The number of ether oxygens (including phenoxy) is 2. The number of rotatable bonds is 6. The molecule has 1 amide bonds. The first-order valence-electron chi connectivity index (χ1n) is 7.63. The van der Waals surface area contributed by atoms with E-state index in [0.717, 1.165) is 19.4 Å². The van der Waals surface area contributed by atoms with Gasteiger partial charge in [-0.2, -0.15) is 0 Å². The molecular formula is C15H28N2O3. The van der Waals surface area contributed by atoms with Crippen LogP contribution in [0.2, 0.25) is 0 Å². The summed E-state index contributed by atoms with van der Waals surface area (Å²) in [6.45, 7) is 6.48. The molecule has 0 heterocycles. The van der Waals surface area contributed by atoms with E-state index in [4.69, 9.17) is 9.47 Å². The minimum absolute atomic E-state index is 0.187. The van der Waals surface area contributed by atoms with Crippen molar-refractivity contribution in [3.05, 3.63) is 0 Å². The molecule has 5 nitrogen and oxygen atoms in total. The number of hydrogen-bond donors (Lipinski definition) is 2. The van der Waals surface area contributed by atoms with E-state index in [2.05, 4.69) is 10.6 Å². The Morgan fingerprint density at radius 1 is 1.30 bits per heavy atom. The molecule has 2 rings (SSSR count). The summed E-state index contributed by atoms with van der Waals surface area (Å²) in [5, 5.41) is 6.53. The Labute approximate surface area is 121 Å². The highest BCUT2D eigenvalue weighted by molar-refractivity contribution is 5.68. The zero-order chi connectivity index (χ0) is 14.8. The van der Waals surface area contributed by atoms with Gasteiger partial charge in [0.05, 0.1) is 6.10 Å². The Bertz CT molecular complexity index is 331. The average molecular weight is 284 g/mol. The van der Waals surface area contributed by atoms with Crippen LogP contribution in [0, 0.1) is 5.92 Å². The number of nitrogens with one attached hydrogen (secondary N) is 2. The molecule has 0 radical (unpaired) electrons. The molecule has 2 fully saturated rings. The maximum absolute atomic E-state index is 11.8. The van der Waals surface area contributed by atoms with Gasteiger partial charge in [0.15, 0.2) is 0 Å². The standard InChI is InChI=1S/C15H28N2O3/c1-15(2,3)20-14(18)17-13(10-5-6-10)9-16-11-7-12(8-11)19-4/h10-13,16H,5-9H2,1-4H3,(H,17,18). The summed E-state index contributed by atoms with van der Waals surface area (Å²) >= 11 is 0. The molecular weight excluding hydrogens is 256 g/mol. The van der Waals surface area contributed by atoms with E-state index < -0.39 is 5.60 Å². The highest BCUT2D eigenvalue weighted by Gasteiger charge is 2.35. The lowest BCUT2D eigenvalue weighted by molar-refractivity contribution is 0.0161. The molecule has 2 aliphatic carbocycles. The predicted octanol–water partition coefficient (Wildman–Crippen LogP) is 2.06. The summed E-state index contributed by atoms with van der Waals surface area (Å²) in [4.78, 5) is 11.8. The van der Waals surface area contributed by atoms with Crippen LogP contribution in [0.5, 0.6) is 0 Å². The van der Waals surface area contributed by atoms with Crippen LogP contribution in [0.3, 0.4) is 0 Å². The van der Waals surface area contributed by atoms with Crippen molar-refractivity contribution in [1.82, 2.24) is 10.6 Å². The smallest absolute Gasteiger partial charge is 0.407 e. The van der Waals surface area contributed by atoms with E-state index >= 15 is 0 Å². The first kappa shape index (κ1) is 15.6. The first-order chi connectivity index (χ1) is 9.37. The van der Waals surface area contributed by atoms with E-state index in [9.17, 15) is 4.79 Å². The van der Waals surface area contributed by atoms with Gasteiger partial charge < -0.3 is 20.1 Å². The van der Waals surface area contributed by atoms with Crippen molar-refractivity contribution in [3.8, 4) is 0 Å². The van der Waals surface area contributed by atoms with E-state index in [-0.39, 0.29) is 12.1 Å². The van der Waals surface area contributed by atoms with Crippen LogP contribution in [-0.2, 0) is 9.47 Å². The van der Waals surface area contributed by atoms with Crippen molar-refractivity contribution in [2.24, 2.45) is 5.92 Å². The third-order valence-electron chi connectivity index (χ3n) is 3.95. The Kier molecular flexibility index (Phi) is 4.91. The van der Waals surface area contributed by atoms with Crippen LogP contribution in [0.1, 0.15) is 46.5 Å². The van der Waals surface area contributed by atoms with Crippen molar-refractivity contribution >= 4 is 6.09 Å². The lowest BCUT2D eigenvalue weighted by Gasteiger charge is -2.36. The van der Waals surface area contributed by atoms with Crippen LogP contribution in [-0.4, -0.2) is 43.5 Å². The van der Waals surface area contributed by atoms with Gasteiger partial charge in [-0.25, -0.2) is 4.79 Å². The molecule has 1 atom stereocenters. The van der Waals surface area contributed by atoms with Crippen molar-refractivity contribution in [3.63, 3.8) is 0 Å². The molecule has 20 heavy (non-hydrogen) atoms. The van der Waals surface area contributed by atoms with Crippen molar-refractivity contribution in [2.75, 3.05) is 13.7 Å². The lowest BCUT2D eigenvalue weighted by Crippen LogP contribution is -2.51. The minimum atomic E-state index is -0.439. The van der Waals surface area contributed by atoms with Gasteiger partial charge in [-0.15, -0.1) is 0 Å². The summed E-state index contributed by atoms with van der Waals surface area (Å²) in [5.41, 5.74) is -0.439. The van der Waals surface area contributed by atoms with Gasteiger partial charge in [0.2, 0.25) is 0 Å². The summed E-state index contributed by atoms with van der Waals surface area (Å²) in [7, 11) is 1.76. The molecule has 0 spiro atoms. The minimum Gasteiger partial charge on any atom is -0.444 e. The average Bonchev–Trinajstić information content (AvgIpc) is 3.06. The van der Waals surface area contributed by atoms with Crippen LogP contribution in [0.4, 0.5) is 4.79 Å². The molecule has 0 aromatic carbocycles. The molecule has 2 N–H and O–H groups in total. The quantitative estimate of drug-likeness (QED) is 0.784. The molecule has 116 valence electrons. The Morgan fingerprint density at radius 3 is 2.45 bits per heavy atom. The fraction of sp³-hybridized carbons (Fsp3) is 0.933. The van der Waals surface area contributed by atoms with Gasteiger partial charge >= 0.3 is 6.09 Å². The molecule has 0 aliphatic heterocycles. The van der Waals surface area contributed by atoms with Crippen molar-refractivity contribution in [1.29, 1.82) is 0 Å². The Hall–Kier alpha value is -0.810. The van der Waals surface area contributed by atoms with E-state index in [0.29, 0.717) is 18.1 Å². The van der Waals surface area contributed by atoms with Gasteiger partial charge in [0, 0.05) is 25.7 Å². The molecule has 1 unspecified atom stereocenters. The second kappa shape index (κ2) is 6.31. The van der Waals surface area contributed by atoms with E-state index in [1.54, 1.807) is 7.11 Å². The number of hydrogen-bond acceptors (Lipinski definition) is 4. The van der Waals surface area contributed by atoms with Crippen LogP contribution < -0.4 is 10.6 Å². The maximum atomic E-state index is 11.8. The maximum Gasteiger partial charge on any atom is 0.407 e. The van der Waals surface area contributed by atoms with Gasteiger partial charge in [-0.1, -0.05) is 0 Å². The summed E-state index contributed by atoms with van der Waals surface area (Å²) < 4.78 is 10.6. The Morgan fingerprint density at radius 2 is 1.95 bits per heavy atom. The second-order valence-electron chi connectivity index (χ2n) is 7.02. The molecule has 0 aromatic heterocycles. The number of methoxy groups -OCH3 is 1. The van der Waals surface area contributed by atoms with Crippen LogP contribution in [0.15, 0.2) is 0 Å². The molecule has 0 aromatic rings. The van der Waals surface area contributed by atoms with Gasteiger partial charge in [-0.05, 0) is 52.4 Å². The van der Waals surface area contributed by atoms with Gasteiger partial charge in [0.25, 0.3) is 0 Å². The number of alkyl carbamates (subject to hydrolysis) is 1. The number of carbonyl (C=O) groups is 1. The zero-order valence-electron chi connectivity index (χ0n) is 13.1. The molecule has 0 saturated heterocycles.